The summed E-state index contributed by atoms with van der Waals surface area (Å²) in [5, 5.41) is 4.64. The molecule has 0 radical (unpaired) electrons. The van der Waals surface area contributed by atoms with Gasteiger partial charge in [0.15, 0.2) is 5.76 Å². The molecule has 9 heteroatoms. The summed E-state index contributed by atoms with van der Waals surface area (Å²) in [4.78, 5) is 29.3. The van der Waals surface area contributed by atoms with E-state index in [9.17, 15) is 14.0 Å². The Balaban J connectivity index is 1.31. The Hall–Kier alpha value is -3.39. The molecule has 2 aliphatic heterocycles. The van der Waals surface area contributed by atoms with Crippen LogP contribution in [-0.2, 0) is 22.6 Å². The Morgan fingerprint density at radius 3 is 2.79 bits per heavy atom. The predicted octanol–water partition coefficient (Wildman–Crippen LogP) is 4.08. The zero-order chi connectivity index (χ0) is 23.1. The van der Waals surface area contributed by atoms with E-state index in [1.165, 1.54) is 19.2 Å². The molecule has 2 amide bonds. The summed E-state index contributed by atoms with van der Waals surface area (Å²) < 4.78 is 24.1. The highest BCUT2D eigenvalue weighted by molar-refractivity contribution is 6.31. The maximum absolute atomic E-state index is 13.3. The van der Waals surface area contributed by atoms with E-state index >= 15 is 0 Å². The molecule has 0 N–H and O–H groups in total. The van der Waals surface area contributed by atoms with Crippen molar-refractivity contribution in [3.8, 4) is 17.1 Å². The highest BCUT2D eigenvalue weighted by Gasteiger charge is 2.39. The second-order valence-electron chi connectivity index (χ2n) is 8.18. The summed E-state index contributed by atoms with van der Waals surface area (Å²) in [6, 6.07) is 11.1. The van der Waals surface area contributed by atoms with Crippen LogP contribution in [-0.4, -0.2) is 42.1 Å². The number of benzene rings is 2. The van der Waals surface area contributed by atoms with Crippen molar-refractivity contribution in [2.45, 2.75) is 19.4 Å². The van der Waals surface area contributed by atoms with Crippen molar-refractivity contribution in [1.29, 1.82) is 0 Å². The van der Waals surface area contributed by atoms with E-state index in [0.717, 1.165) is 11.1 Å². The minimum absolute atomic E-state index is 0.0937. The second kappa shape index (κ2) is 8.51. The third-order valence-electron chi connectivity index (χ3n) is 6.17. The molecular formula is C24H21ClFN3O4. The van der Waals surface area contributed by atoms with E-state index in [2.05, 4.69) is 5.16 Å². The molecule has 33 heavy (non-hydrogen) atoms. The Morgan fingerprint density at radius 1 is 1.24 bits per heavy atom. The van der Waals surface area contributed by atoms with Crippen molar-refractivity contribution in [2.24, 2.45) is 5.92 Å². The van der Waals surface area contributed by atoms with Gasteiger partial charge in [0.05, 0.1) is 25.3 Å². The molecule has 3 heterocycles. The van der Waals surface area contributed by atoms with Gasteiger partial charge in [0.1, 0.15) is 17.3 Å². The number of methoxy groups -OCH3 is 1. The molecule has 1 fully saturated rings. The van der Waals surface area contributed by atoms with E-state index in [1.807, 2.05) is 0 Å². The quantitative estimate of drug-likeness (QED) is 0.575. The largest absolute Gasteiger partial charge is 0.495 e. The van der Waals surface area contributed by atoms with Gasteiger partial charge in [-0.1, -0.05) is 16.8 Å². The molecule has 0 saturated carbocycles. The number of carbonyl (C=O) groups excluding carboxylic acids is 2. The van der Waals surface area contributed by atoms with Gasteiger partial charge < -0.3 is 19.1 Å². The van der Waals surface area contributed by atoms with Gasteiger partial charge in [0.25, 0.3) is 0 Å². The van der Waals surface area contributed by atoms with Crippen molar-refractivity contribution in [3.05, 3.63) is 64.6 Å². The topological polar surface area (TPSA) is 75.9 Å². The van der Waals surface area contributed by atoms with Gasteiger partial charge in [-0.15, -0.1) is 0 Å². The molecule has 5 rings (SSSR count). The fourth-order valence-corrected chi connectivity index (χ4v) is 4.65. The van der Waals surface area contributed by atoms with Crippen molar-refractivity contribution in [1.82, 2.24) is 10.1 Å². The molecule has 1 atom stereocenters. The summed E-state index contributed by atoms with van der Waals surface area (Å²) in [5.74, 6) is 0.105. The van der Waals surface area contributed by atoms with Crippen molar-refractivity contribution in [2.75, 3.05) is 25.1 Å². The first-order valence-corrected chi connectivity index (χ1v) is 11.0. The summed E-state index contributed by atoms with van der Waals surface area (Å²) in [7, 11) is 1.53. The van der Waals surface area contributed by atoms with Crippen LogP contribution in [0.5, 0.6) is 5.75 Å². The summed E-state index contributed by atoms with van der Waals surface area (Å²) in [6.07, 6.45) is 0.696. The van der Waals surface area contributed by atoms with Crippen LogP contribution in [0.3, 0.4) is 0 Å². The molecule has 0 spiro atoms. The number of rotatable bonds is 4. The Labute approximate surface area is 194 Å². The molecule has 2 aliphatic rings. The van der Waals surface area contributed by atoms with Crippen LogP contribution in [0.2, 0.25) is 5.02 Å². The lowest BCUT2D eigenvalue weighted by molar-refractivity contribution is -0.136. The monoisotopic (exact) mass is 469 g/mol. The Kier molecular flexibility index (Phi) is 5.54. The number of fused-ring (bicyclic) bond motifs is 1. The number of hydrogen-bond acceptors (Lipinski definition) is 5. The van der Waals surface area contributed by atoms with E-state index < -0.39 is 5.92 Å². The molecule has 1 unspecified atom stereocenters. The van der Waals surface area contributed by atoms with Gasteiger partial charge in [-0.3, -0.25) is 9.59 Å². The van der Waals surface area contributed by atoms with Gasteiger partial charge in [-0.05, 0) is 48.9 Å². The second-order valence-corrected chi connectivity index (χ2v) is 8.61. The van der Waals surface area contributed by atoms with Crippen molar-refractivity contribution < 1.29 is 23.2 Å². The zero-order valence-corrected chi connectivity index (χ0v) is 18.6. The van der Waals surface area contributed by atoms with Crippen LogP contribution in [0, 0.1) is 11.7 Å². The smallest absolute Gasteiger partial charge is 0.228 e. The van der Waals surface area contributed by atoms with Crippen LogP contribution in [0.1, 0.15) is 17.7 Å². The van der Waals surface area contributed by atoms with Crippen molar-refractivity contribution >= 4 is 29.1 Å². The molecule has 1 aromatic heterocycles. The fraction of sp³-hybridized carbons (Fsp3) is 0.292. The van der Waals surface area contributed by atoms with E-state index in [0.29, 0.717) is 47.4 Å². The first-order chi connectivity index (χ1) is 15.9. The highest BCUT2D eigenvalue weighted by atomic mass is 35.5. The SMILES string of the molecule is COc1ccc(Cl)cc1N1CC(C(=O)N2CCc3c(noc3-c3ccc(F)cc3)C2)CC1=O. The average Bonchev–Trinajstić information content (AvgIpc) is 3.42. The summed E-state index contributed by atoms with van der Waals surface area (Å²) in [5.41, 5.74) is 2.93. The van der Waals surface area contributed by atoms with E-state index in [-0.39, 0.29) is 30.6 Å². The lowest BCUT2D eigenvalue weighted by Gasteiger charge is -2.28. The number of hydrogen-bond donors (Lipinski definition) is 0. The van der Waals surface area contributed by atoms with Crippen LogP contribution < -0.4 is 9.64 Å². The van der Waals surface area contributed by atoms with Crippen LogP contribution in [0.4, 0.5) is 10.1 Å². The van der Waals surface area contributed by atoms with Crippen LogP contribution >= 0.6 is 11.6 Å². The Bertz CT molecular complexity index is 1230. The molecule has 7 nitrogen and oxygen atoms in total. The summed E-state index contributed by atoms with van der Waals surface area (Å²) >= 11 is 6.12. The number of anilines is 1. The normalized spacial score (nSPS) is 17.9. The van der Waals surface area contributed by atoms with E-state index in [1.54, 1.807) is 40.1 Å². The highest BCUT2D eigenvalue weighted by Crippen LogP contribution is 2.36. The molecular weight excluding hydrogens is 449 g/mol. The maximum atomic E-state index is 13.3. The minimum atomic E-state index is -0.466. The first-order valence-electron chi connectivity index (χ1n) is 10.6. The van der Waals surface area contributed by atoms with Gasteiger partial charge in [0, 0.05) is 35.7 Å². The minimum Gasteiger partial charge on any atom is -0.495 e. The third kappa shape index (κ3) is 3.95. The molecule has 2 aromatic carbocycles. The average molecular weight is 470 g/mol. The third-order valence-corrected chi connectivity index (χ3v) is 6.40. The first kappa shape index (κ1) is 21.5. The number of nitrogens with zero attached hydrogens (tertiary/aromatic N) is 3. The maximum Gasteiger partial charge on any atom is 0.228 e. The number of carbonyl (C=O) groups is 2. The van der Waals surface area contributed by atoms with Crippen molar-refractivity contribution in [3.63, 3.8) is 0 Å². The molecule has 3 aromatic rings. The lowest BCUT2D eigenvalue weighted by atomic mass is 9.99. The van der Waals surface area contributed by atoms with Gasteiger partial charge in [0.2, 0.25) is 11.8 Å². The molecule has 170 valence electrons. The van der Waals surface area contributed by atoms with Gasteiger partial charge in [-0.2, -0.15) is 0 Å². The summed E-state index contributed by atoms with van der Waals surface area (Å²) in [6.45, 7) is 1.06. The predicted molar refractivity (Wildman–Crippen MR) is 119 cm³/mol. The molecule has 1 saturated heterocycles. The number of halogens is 2. The van der Waals surface area contributed by atoms with Gasteiger partial charge in [-0.25, -0.2) is 4.39 Å². The number of ether oxygens (including phenoxy) is 1. The number of aromatic nitrogens is 1. The molecule has 0 aliphatic carbocycles. The van der Waals surface area contributed by atoms with Gasteiger partial charge >= 0.3 is 0 Å². The lowest BCUT2D eigenvalue weighted by Crippen LogP contribution is -2.40. The zero-order valence-electron chi connectivity index (χ0n) is 17.9. The standard InChI is InChI=1S/C24H21ClFN3O4/c1-32-21-7-4-16(25)11-20(21)29-12-15(10-22(29)30)24(31)28-9-8-18-19(13-28)27-33-23(18)14-2-5-17(26)6-3-14/h2-7,11,15H,8-10,12-13H2,1H3. The Morgan fingerprint density at radius 2 is 2.03 bits per heavy atom. The number of amides is 2. The fourth-order valence-electron chi connectivity index (χ4n) is 4.49. The van der Waals surface area contributed by atoms with Crippen LogP contribution in [0.25, 0.3) is 11.3 Å². The van der Waals surface area contributed by atoms with Crippen LogP contribution in [0.15, 0.2) is 47.0 Å². The molecule has 0 bridgehead atoms. The van der Waals surface area contributed by atoms with E-state index in [4.69, 9.17) is 20.9 Å².